The van der Waals surface area contributed by atoms with Crippen LogP contribution in [0.5, 0.6) is 0 Å². The molecule has 0 aliphatic carbocycles. The third-order valence-electron chi connectivity index (χ3n) is 3.16. The first-order chi connectivity index (χ1) is 7.71. The van der Waals surface area contributed by atoms with Crippen LogP contribution in [0.15, 0.2) is 27.0 Å². The van der Waals surface area contributed by atoms with Crippen LogP contribution in [0.2, 0.25) is 0 Å². The predicted molar refractivity (Wildman–Crippen MR) is 73.8 cm³/mol. The molecule has 0 spiro atoms. The summed E-state index contributed by atoms with van der Waals surface area (Å²) in [6, 6.07) is 0. The Hall–Kier alpha value is -1.25. The Bertz CT molecular complexity index is 451. The molecule has 0 saturated heterocycles. The molecule has 0 amide bonds. The highest BCUT2D eigenvalue weighted by Gasteiger charge is 2.38. The van der Waals surface area contributed by atoms with Crippen molar-refractivity contribution < 1.29 is 0 Å². The lowest BCUT2D eigenvalue weighted by molar-refractivity contribution is 0.517. The molecule has 3 heteroatoms. The second-order valence-electron chi connectivity index (χ2n) is 6.78. The second-order valence-corrected chi connectivity index (χ2v) is 6.78. The van der Waals surface area contributed by atoms with E-state index in [2.05, 4.69) is 56.7 Å². The molecular formula is C14H21N3. The highest BCUT2D eigenvalue weighted by molar-refractivity contribution is 6.28. The zero-order valence-corrected chi connectivity index (χ0v) is 11.6. The molecule has 3 nitrogen and oxygen atoms in total. The molecule has 0 radical (unpaired) electrons. The molecule has 0 aromatic rings. The van der Waals surface area contributed by atoms with Gasteiger partial charge in [0.15, 0.2) is 0 Å². The maximum Gasteiger partial charge on any atom is 0.0824 e. The third kappa shape index (κ3) is 2.11. The molecule has 0 N–H and O–H groups in total. The number of hydrogen-bond acceptors (Lipinski definition) is 3. The molecule has 17 heavy (non-hydrogen) atoms. The lowest BCUT2D eigenvalue weighted by Crippen LogP contribution is -2.38. The summed E-state index contributed by atoms with van der Waals surface area (Å²) in [5.41, 5.74) is 3.57. The molecule has 1 atom stereocenters. The minimum absolute atomic E-state index is 0.0573. The Kier molecular flexibility index (Phi) is 2.60. The van der Waals surface area contributed by atoms with Gasteiger partial charge < -0.3 is 0 Å². The van der Waals surface area contributed by atoms with E-state index in [4.69, 9.17) is 0 Å². The Morgan fingerprint density at radius 2 is 1.65 bits per heavy atom. The molecule has 2 aliphatic heterocycles. The monoisotopic (exact) mass is 231 g/mol. The summed E-state index contributed by atoms with van der Waals surface area (Å²) in [5, 5.41) is 8.40. The molecule has 2 aliphatic rings. The van der Waals surface area contributed by atoms with Gasteiger partial charge in [-0.15, -0.1) is 0 Å². The Balaban J connectivity index is 2.50. The molecule has 0 bridgehead atoms. The van der Waals surface area contributed by atoms with Crippen LogP contribution in [-0.2, 0) is 0 Å². The predicted octanol–water partition coefficient (Wildman–Crippen LogP) is 3.47. The maximum atomic E-state index is 4.67. The van der Waals surface area contributed by atoms with E-state index in [9.17, 15) is 0 Å². The summed E-state index contributed by atoms with van der Waals surface area (Å²) in [6.45, 7) is 13.1. The van der Waals surface area contributed by atoms with E-state index in [1.807, 2.05) is 12.4 Å². The van der Waals surface area contributed by atoms with E-state index in [1.165, 1.54) is 5.57 Å². The van der Waals surface area contributed by atoms with Crippen LogP contribution < -0.4 is 0 Å². The van der Waals surface area contributed by atoms with Gasteiger partial charge in [-0.1, -0.05) is 41.5 Å². The van der Waals surface area contributed by atoms with Crippen LogP contribution in [0.25, 0.3) is 0 Å². The van der Waals surface area contributed by atoms with Gasteiger partial charge in [0.1, 0.15) is 0 Å². The molecular weight excluding hydrogens is 210 g/mol. The molecule has 0 aromatic heterocycles. The number of allylic oxidation sites excluding steroid dienone is 1. The largest absolute Gasteiger partial charge is 0.264 e. The van der Waals surface area contributed by atoms with Crippen LogP contribution >= 0.6 is 0 Å². The van der Waals surface area contributed by atoms with E-state index >= 15 is 0 Å². The zero-order valence-electron chi connectivity index (χ0n) is 11.6. The number of fused-ring (bicyclic) bond motifs is 1. The lowest BCUT2D eigenvalue weighted by atomic mass is 9.73. The number of aliphatic imine (C=N–C) groups is 1. The minimum atomic E-state index is 0.0573. The van der Waals surface area contributed by atoms with Crippen molar-refractivity contribution in [1.29, 1.82) is 0 Å². The van der Waals surface area contributed by atoms with Gasteiger partial charge in [-0.3, -0.25) is 4.99 Å². The molecule has 0 saturated carbocycles. The van der Waals surface area contributed by atoms with Crippen LogP contribution in [0.3, 0.4) is 0 Å². The first-order valence-electron chi connectivity index (χ1n) is 6.11. The van der Waals surface area contributed by atoms with Crippen molar-refractivity contribution in [2.75, 3.05) is 0 Å². The summed E-state index contributed by atoms with van der Waals surface area (Å²) in [5.74, 6) is 0.175. The molecule has 1 unspecified atom stereocenters. The van der Waals surface area contributed by atoms with E-state index in [-0.39, 0.29) is 16.7 Å². The first-order valence-corrected chi connectivity index (χ1v) is 6.11. The van der Waals surface area contributed by atoms with Gasteiger partial charge in [-0.05, 0) is 5.41 Å². The van der Waals surface area contributed by atoms with Crippen molar-refractivity contribution in [2.45, 2.75) is 41.5 Å². The van der Waals surface area contributed by atoms with Crippen molar-refractivity contribution in [3.05, 3.63) is 11.8 Å². The Morgan fingerprint density at radius 1 is 1.00 bits per heavy atom. The van der Waals surface area contributed by atoms with Gasteiger partial charge in [0.05, 0.1) is 11.6 Å². The lowest BCUT2D eigenvalue weighted by Gasteiger charge is -2.32. The summed E-state index contributed by atoms with van der Waals surface area (Å²) in [4.78, 5) is 4.67. The van der Waals surface area contributed by atoms with Crippen LogP contribution in [0.4, 0.5) is 0 Å². The number of hydrogen-bond donors (Lipinski definition) is 0. The summed E-state index contributed by atoms with van der Waals surface area (Å²) >= 11 is 0. The quantitative estimate of drug-likeness (QED) is 0.612. The summed E-state index contributed by atoms with van der Waals surface area (Å²) in [6.07, 6.45) is 3.89. The highest BCUT2D eigenvalue weighted by Crippen LogP contribution is 2.36. The Labute approximate surface area is 103 Å². The van der Waals surface area contributed by atoms with Crippen molar-refractivity contribution in [3.8, 4) is 0 Å². The van der Waals surface area contributed by atoms with Crippen molar-refractivity contribution >= 4 is 17.6 Å². The van der Waals surface area contributed by atoms with Gasteiger partial charge in [0.2, 0.25) is 0 Å². The second kappa shape index (κ2) is 3.62. The van der Waals surface area contributed by atoms with Crippen LogP contribution in [0, 0.1) is 16.7 Å². The van der Waals surface area contributed by atoms with E-state index in [0.29, 0.717) is 0 Å². The highest BCUT2D eigenvalue weighted by atomic mass is 15.2. The van der Waals surface area contributed by atoms with Crippen LogP contribution in [-0.4, -0.2) is 17.6 Å². The van der Waals surface area contributed by atoms with Gasteiger partial charge in [0, 0.05) is 29.1 Å². The third-order valence-corrected chi connectivity index (χ3v) is 3.16. The number of nitrogens with zero attached hydrogens (tertiary/aromatic N) is 3. The van der Waals surface area contributed by atoms with Gasteiger partial charge in [0.25, 0.3) is 0 Å². The summed E-state index contributed by atoms with van der Waals surface area (Å²) in [7, 11) is 0. The smallest absolute Gasteiger partial charge is 0.0824 e. The van der Waals surface area contributed by atoms with Gasteiger partial charge in [-0.2, -0.15) is 10.2 Å². The van der Waals surface area contributed by atoms with Gasteiger partial charge in [-0.25, -0.2) is 0 Å². The maximum absolute atomic E-state index is 4.67. The van der Waals surface area contributed by atoms with E-state index in [1.54, 1.807) is 0 Å². The van der Waals surface area contributed by atoms with Crippen molar-refractivity contribution in [3.63, 3.8) is 0 Å². The van der Waals surface area contributed by atoms with Gasteiger partial charge >= 0.3 is 0 Å². The Morgan fingerprint density at radius 3 is 2.18 bits per heavy atom. The molecule has 92 valence electrons. The summed E-state index contributed by atoms with van der Waals surface area (Å²) < 4.78 is 0. The van der Waals surface area contributed by atoms with Crippen LogP contribution in [0.1, 0.15) is 41.5 Å². The number of rotatable bonds is 0. The molecule has 0 fully saturated rings. The first kappa shape index (κ1) is 12.2. The molecule has 2 rings (SSSR count). The SMILES string of the molecule is CC(C)(C)C1=CN=C(C(C)(C)C)C2C=NN=C12. The fourth-order valence-electron chi connectivity index (χ4n) is 2.24. The molecule has 2 heterocycles. The minimum Gasteiger partial charge on any atom is -0.264 e. The van der Waals surface area contributed by atoms with E-state index in [0.717, 1.165) is 11.4 Å². The standard InChI is InChI=1S/C14H21N3/c1-13(2,3)10-8-15-12(14(4,5)6)9-7-16-17-11(9)10/h7-9H,1-6H3. The average molecular weight is 231 g/mol. The van der Waals surface area contributed by atoms with Crippen molar-refractivity contribution in [1.82, 2.24) is 0 Å². The fourth-order valence-corrected chi connectivity index (χ4v) is 2.24. The molecule has 0 aromatic carbocycles. The normalized spacial score (nSPS) is 24.1. The fraction of sp³-hybridized carbons (Fsp3) is 0.643. The van der Waals surface area contributed by atoms with Crippen molar-refractivity contribution in [2.24, 2.45) is 31.9 Å². The zero-order chi connectivity index (χ0) is 12.8. The van der Waals surface area contributed by atoms with E-state index < -0.39 is 0 Å². The topological polar surface area (TPSA) is 37.1 Å². The average Bonchev–Trinajstić information content (AvgIpc) is 2.60.